The zero-order chi connectivity index (χ0) is 14.7. The van der Waals surface area contributed by atoms with Gasteiger partial charge < -0.3 is 14.7 Å². The van der Waals surface area contributed by atoms with Gasteiger partial charge in [0.05, 0.1) is 12.2 Å². The number of amides is 1. The Labute approximate surface area is 119 Å². The van der Waals surface area contributed by atoms with E-state index in [1.807, 2.05) is 20.8 Å². The lowest BCUT2D eigenvalue weighted by Crippen LogP contribution is -2.46. The number of rotatable bonds is 3. The highest BCUT2D eigenvalue weighted by molar-refractivity contribution is 5.95. The van der Waals surface area contributed by atoms with Crippen molar-refractivity contribution in [2.45, 2.75) is 39.4 Å². The fourth-order valence-corrected chi connectivity index (χ4v) is 2.28. The molecule has 2 atom stereocenters. The maximum Gasteiger partial charge on any atom is 0.276 e. The molecule has 5 nitrogen and oxygen atoms in total. The van der Waals surface area contributed by atoms with Gasteiger partial charge in [-0.25, -0.2) is 4.98 Å². The van der Waals surface area contributed by atoms with Crippen molar-refractivity contribution >= 4 is 5.91 Å². The molecule has 2 heterocycles. The topological polar surface area (TPSA) is 62.7 Å². The summed E-state index contributed by atoms with van der Waals surface area (Å²) in [6.45, 7) is 6.83. The van der Waals surface area contributed by atoms with Crippen molar-refractivity contribution in [3.63, 3.8) is 0 Å². The third-order valence-electron chi connectivity index (χ3n) is 3.54. The average molecular weight is 278 g/mol. The van der Waals surface area contributed by atoms with E-state index >= 15 is 0 Å². The predicted molar refractivity (Wildman–Crippen MR) is 75.7 cm³/mol. The molecule has 2 unspecified atom stereocenters. The number of β-amino-alcohol motifs (C(OH)–C–C–N with tert-alkyl or cyclic N) is 1. The molecule has 1 saturated heterocycles. The number of hydrogen-bond acceptors (Lipinski definition) is 4. The smallest absolute Gasteiger partial charge is 0.276 e. The molecule has 1 aliphatic heterocycles. The highest BCUT2D eigenvalue weighted by atomic mass is 16.5. The number of ether oxygens (including phenoxy) is 1. The van der Waals surface area contributed by atoms with Crippen LogP contribution in [0.3, 0.4) is 0 Å². The molecular formula is C15H22N2O3. The molecule has 1 aliphatic rings. The molecule has 0 radical (unpaired) electrons. The summed E-state index contributed by atoms with van der Waals surface area (Å²) in [5.74, 6) is 0.557. The number of aliphatic hydroxyl groups is 1. The second-order valence-electron chi connectivity index (χ2n) is 5.60. The maximum absolute atomic E-state index is 12.5. The minimum atomic E-state index is -0.467. The fourth-order valence-electron chi connectivity index (χ4n) is 2.28. The quantitative estimate of drug-likeness (QED) is 0.914. The van der Waals surface area contributed by atoms with E-state index in [1.54, 1.807) is 23.2 Å². The first-order chi connectivity index (χ1) is 9.49. The SMILES string of the molecule is CC(C)Oc1cccnc1C(=O)N1CCC(C)C(O)C1. The number of hydrogen-bond donors (Lipinski definition) is 1. The van der Waals surface area contributed by atoms with Gasteiger partial charge in [-0.3, -0.25) is 4.79 Å². The number of piperidine rings is 1. The molecule has 1 aromatic rings. The summed E-state index contributed by atoms with van der Waals surface area (Å²) in [4.78, 5) is 18.3. The summed E-state index contributed by atoms with van der Waals surface area (Å²) in [6, 6.07) is 3.50. The van der Waals surface area contributed by atoms with Gasteiger partial charge in [-0.15, -0.1) is 0 Å². The van der Waals surface area contributed by atoms with E-state index in [0.717, 1.165) is 6.42 Å². The van der Waals surface area contributed by atoms with Crippen LogP contribution in [0.25, 0.3) is 0 Å². The monoisotopic (exact) mass is 278 g/mol. The van der Waals surface area contributed by atoms with Gasteiger partial charge in [-0.1, -0.05) is 6.92 Å². The van der Waals surface area contributed by atoms with E-state index in [1.165, 1.54) is 0 Å². The molecule has 110 valence electrons. The molecule has 20 heavy (non-hydrogen) atoms. The molecule has 0 aliphatic carbocycles. The molecule has 1 amide bonds. The summed E-state index contributed by atoms with van der Waals surface area (Å²) < 4.78 is 5.63. The highest BCUT2D eigenvalue weighted by Crippen LogP contribution is 2.23. The molecule has 2 rings (SSSR count). The van der Waals surface area contributed by atoms with Crippen molar-refractivity contribution in [3.05, 3.63) is 24.0 Å². The van der Waals surface area contributed by atoms with Crippen LogP contribution in [0, 0.1) is 5.92 Å². The van der Waals surface area contributed by atoms with Crippen LogP contribution < -0.4 is 4.74 Å². The molecule has 1 N–H and O–H groups in total. The summed E-state index contributed by atoms with van der Waals surface area (Å²) in [7, 11) is 0. The third kappa shape index (κ3) is 3.28. The van der Waals surface area contributed by atoms with Crippen LogP contribution in [0.5, 0.6) is 5.75 Å². The Bertz CT molecular complexity index is 476. The van der Waals surface area contributed by atoms with Gasteiger partial charge in [0.2, 0.25) is 0 Å². The Hall–Kier alpha value is -1.62. The van der Waals surface area contributed by atoms with Crippen molar-refractivity contribution in [2.75, 3.05) is 13.1 Å². The van der Waals surface area contributed by atoms with Crippen molar-refractivity contribution in [3.8, 4) is 5.75 Å². The first-order valence-electron chi connectivity index (χ1n) is 7.08. The lowest BCUT2D eigenvalue weighted by Gasteiger charge is -2.34. The van der Waals surface area contributed by atoms with E-state index in [4.69, 9.17) is 4.74 Å². The molecular weight excluding hydrogens is 256 g/mol. The van der Waals surface area contributed by atoms with Gasteiger partial charge in [-0.2, -0.15) is 0 Å². The normalized spacial score (nSPS) is 22.9. The minimum absolute atomic E-state index is 0.0160. The Morgan fingerprint density at radius 2 is 2.30 bits per heavy atom. The summed E-state index contributed by atoms with van der Waals surface area (Å²) in [5.41, 5.74) is 0.322. The van der Waals surface area contributed by atoms with Gasteiger partial charge >= 0.3 is 0 Å². The van der Waals surface area contributed by atoms with Crippen molar-refractivity contribution in [1.82, 2.24) is 9.88 Å². The van der Waals surface area contributed by atoms with Gasteiger partial charge in [0.1, 0.15) is 0 Å². The first kappa shape index (κ1) is 14.8. The lowest BCUT2D eigenvalue weighted by molar-refractivity contribution is 0.0242. The Morgan fingerprint density at radius 1 is 1.55 bits per heavy atom. The van der Waals surface area contributed by atoms with Crippen molar-refractivity contribution < 1.29 is 14.6 Å². The summed E-state index contributed by atoms with van der Waals surface area (Å²) in [5, 5.41) is 9.91. The summed E-state index contributed by atoms with van der Waals surface area (Å²) >= 11 is 0. The molecule has 0 saturated carbocycles. The third-order valence-corrected chi connectivity index (χ3v) is 3.54. The zero-order valence-corrected chi connectivity index (χ0v) is 12.2. The number of nitrogens with zero attached hydrogens (tertiary/aromatic N) is 2. The number of aliphatic hydroxyl groups excluding tert-OH is 1. The highest BCUT2D eigenvalue weighted by Gasteiger charge is 2.29. The van der Waals surface area contributed by atoms with Crippen LogP contribution in [-0.4, -0.2) is 46.2 Å². The second-order valence-corrected chi connectivity index (χ2v) is 5.60. The second kappa shape index (κ2) is 6.22. The van der Waals surface area contributed by atoms with Crippen LogP contribution in [0.1, 0.15) is 37.7 Å². The van der Waals surface area contributed by atoms with Crippen molar-refractivity contribution in [2.24, 2.45) is 5.92 Å². The number of likely N-dealkylation sites (tertiary alicyclic amines) is 1. The summed E-state index contributed by atoms with van der Waals surface area (Å²) in [6.07, 6.45) is 1.91. The Kier molecular flexibility index (Phi) is 4.60. The maximum atomic E-state index is 12.5. The zero-order valence-electron chi connectivity index (χ0n) is 12.2. The Balaban J connectivity index is 2.17. The van der Waals surface area contributed by atoms with E-state index < -0.39 is 6.10 Å². The van der Waals surface area contributed by atoms with E-state index in [0.29, 0.717) is 24.5 Å². The fraction of sp³-hybridized carbons (Fsp3) is 0.600. The van der Waals surface area contributed by atoms with Crippen LogP contribution in [-0.2, 0) is 0 Å². The number of aromatic nitrogens is 1. The van der Waals surface area contributed by atoms with Gasteiger partial charge in [0, 0.05) is 19.3 Å². The van der Waals surface area contributed by atoms with Crippen LogP contribution >= 0.6 is 0 Å². The van der Waals surface area contributed by atoms with Crippen molar-refractivity contribution in [1.29, 1.82) is 0 Å². The molecule has 0 spiro atoms. The van der Waals surface area contributed by atoms with E-state index in [-0.39, 0.29) is 17.9 Å². The van der Waals surface area contributed by atoms with Crippen LogP contribution in [0.4, 0.5) is 0 Å². The van der Waals surface area contributed by atoms with E-state index in [2.05, 4.69) is 4.98 Å². The Morgan fingerprint density at radius 3 is 2.95 bits per heavy atom. The lowest BCUT2D eigenvalue weighted by atomic mass is 9.96. The molecule has 0 bridgehead atoms. The van der Waals surface area contributed by atoms with Crippen LogP contribution in [0.2, 0.25) is 0 Å². The molecule has 0 aromatic carbocycles. The molecule has 1 fully saturated rings. The number of carbonyl (C=O) groups excluding carboxylic acids is 1. The average Bonchev–Trinajstić information content (AvgIpc) is 2.41. The minimum Gasteiger partial charge on any atom is -0.489 e. The standard InChI is InChI=1S/C15H22N2O3/c1-10(2)20-13-5-4-7-16-14(13)15(19)17-8-6-11(3)12(18)9-17/h4-5,7,10-12,18H,6,8-9H2,1-3H3. The number of carbonyl (C=O) groups is 1. The molecule has 1 aromatic heterocycles. The van der Waals surface area contributed by atoms with Gasteiger partial charge in [0.15, 0.2) is 11.4 Å². The van der Waals surface area contributed by atoms with Gasteiger partial charge in [0.25, 0.3) is 5.91 Å². The van der Waals surface area contributed by atoms with Crippen LogP contribution in [0.15, 0.2) is 18.3 Å². The van der Waals surface area contributed by atoms with E-state index in [9.17, 15) is 9.90 Å². The number of pyridine rings is 1. The molecule has 5 heteroatoms. The van der Waals surface area contributed by atoms with Gasteiger partial charge in [-0.05, 0) is 38.3 Å². The first-order valence-corrected chi connectivity index (χ1v) is 7.08. The largest absolute Gasteiger partial charge is 0.489 e. The predicted octanol–water partition coefficient (Wildman–Crippen LogP) is 1.71.